The highest BCUT2D eigenvalue weighted by atomic mass is 79.9. The summed E-state index contributed by atoms with van der Waals surface area (Å²) in [5, 5.41) is 3.45. The molecule has 2 heterocycles. The van der Waals surface area contributed by atoms with Crippen LogP contribution in [-0.2, 0) is 27.1 Å². The van der Waals surface area contributed by atoms with Gasteiger partial charge in [-0.15, -0.1) is 0 Å². The second kappa shape index (κ2) is 9.21. The molecule has 1 saturated heterocycles. The Balaban J connectivity index is 1.45. The van der Waals surface area contributed by atoms with Crippen LogP contribution in [0.4, 0.5) is 4.79 Å². The van der Waals surface area contributed by atoms with Gasteiger partial charge in [0.2, 0.25) is 0 Å². The van der Waals surface area contributed by atoms with Gasteiger partial charge in [0, 0.05) is 35.8 Å². The van der Waals surface area contributed by atoms with Crippen molar-refractivity contribution in [2.45, 2.75) is 90.1 Å². The van der Waals surface area contributed by atoms with E-state index in [2.05, 4.69) is 35.1 Å². The maximum absolute atomic E-state index is 12.0. The first-order valence-electron chi connectivity index (χ1n) is 11.9. The summed E-state index contributed by atoms with van der Waals surface area (Å²) < 4.78 is 24.8. The van der Waals surface area contributed by atoms with E-state index in [4.69, 9.17) is 30.5 Å². The van der Waals surface area contributed by atoms with Crippen molar-refractivity contribution in [1.82, 2.24) is 5.32 Å². The van der Waals surface area contributed by atoms with Crippen molar-refractivity contribution < 1.29 is 23.7 Å². The van der Waals surface area contributed by atoms with E-state index in [1.54, 1.807) is 0 Å². The molecule has 1 N–H and O–H groups in total. The molecule has 1 unspecified atom stereocenters. The smallest absolute Gasteiger partial charge is 0.407 e. The van der Waals surface area contributed by atoms with E-state index in [0.717, 1.165) is 53.5 Å². The van der Waals surface area contributed by atoms with Gasteiger partial charge < -0.3 is 24.3 Å². The molecule has 184 valence electrons. The third kappa shape index (κ3) is 5.16. The Kier molecular flexibility index (Phi) is 7.00. The summed E-state index contributed by atoms with van der Waals surface area (Å²) in [5.74, 6) is 0.832. The van der Waals surface area contributed by atoms with Crippen molar-refractivity contribution in [2.75, 3.05) is 19.8 Å². The van der Waals surface area contributed by atoms with Gasteiger partial charge in [-0.1, -0.05) is 27.5 Å². The molecular weight excluding hydrogens is 510 g/mol. The molecular formula is C25H35BrClNO5. The molecule has 1 spiro atoms. The van der Waals surface area contributed by atoms with Gasteiger partial charge in [-0.2, -0.15) is 0 Å². The molecule has 1 aliphatic carbocycles. The van der Waals surface area contributed by atoms with E-state index in [1.165, 1.54) is 5.56 Å². The van der Waals surface area contributed by atoms with Crippen LogP contribution in [0, 0.1) is 12.8 Å². The van der Waals surface area contributed by atoms with Crippen LogP contribution < -0.4 is 10.1 Å². The van der Waals surface area contributed by atoms with Crippen molar-refractivity contribution in [2.24, 2.45) is 5.92 Å². The van der Waals surface area contributed by atoms with Gasteiger partial charge in [0.05, 0.1) is 18.2 Å². The predicted octanol–water partition coefficient (Wildman–Crippen LogP) is 6.11. The minimum absolute atomic E-state index is 0.302. The number of amides is 1. The Morgan fingerprint density at radius 1 is 1.24 bits per heavy atom. The normalized spacial score (nSPS) is 24.6. The Labute approximate surface area is 210 Å². The highest BCUT2D eigenvalue weighted by molar-refractivity contribution is 9.10. The molecule has 1 aromatic carbocycles. The molecule has 0 radical (unpaired) electrons. The molecule has 33 heavy (non-hydrogen) atoms. The number of carbonyl (C=O) groups excluding carboxylic acids is 1. The van der Waals surface area contributed by atoms with E-state index in [9.17, 15) is 4.79 Å². The number of benzene rings is 1. The van der Waals surface area contributed by atoms with Crippen LogP contribution >= 0.6 is 27.5 Å². The fraction of sp³-hybridized carbons (Fsp3) is 0.720. The van der Waals surface area contributed by atoms with Crippen molar-refractivity contribution in [3.8, 4) is 5.75 Å². The lowest BCUT2D eigenvalue weighted by atomic mass is 9.74. The minimum Gasteiger partial charge on any atom is -0.485 e. The summed E-state index contributed by atoms with van der Waals surface area (Å²) in [5.41, 5.74) is 2.44. The van der Waals surface area contributed by atoms with Crippen LogP contribution in [0.2, 0.25) is 5.02 Å². The average molecular weight is 545 g/mol. The summed E-state index contributed by atoms with van der Waals surface area (Å²) in [6.45, 7) is 11.7. The molecule has 0 bridgehead atoms. The summed E-state index contributed by atoms with van der Waals surface area (Å²) in [6, 6.07) is 0. The number of carbonyl (C=O) groups is 1. The lowest BCUT2D eigenvalue weighted by molar-refractivity contribution is -0.190. The number of hydrogen-bond acceptors (Lipinski definition) is 5. The lowest BCUT2D eigenvalue weighted by Crippen LogP contribution is -2.45. The second-order valence-corrected chi connectivity index (χ2v) is 11.9. The van der Waals surface area contributed by atoms with Crippen LogP contribution in [0.25, 0.3) is 0 Å². The van der Waals surface area contributed by atoms with Crippen LogP contribution in [0.5, 0.6) is 5.75 Å². The van der Waals surface area contributed by atoms with Crippen molar-refractivity contribution in [3.05, 3.63) is 26.2 Å². The third-order valence-electron chi connectivity index (χ3n) is 7.12. The average Bonchev–Trinajstić information content (AvgIpc) is 3.33. The number of fused-ring (bicyclic) bond motifs is 1. The highest BCUT2D eigenvalue weighted by Crippen LogP contribution is 2.52. The number of ether oxygens (including phenoxy) is 4. The van der Waals surface area contributed by atoms with Crippen molar-refractivity contribution >= 4 is 33.6 Å². The number of hydrogen-bond donors (Lipinski definition) is 1. The Hall–Kier alpha value is -1.02. The molecule has 1 saturated carbocycles. The zero-order valence-electron chi connectivity index (χ0n) is 20.2. The first-order chi connectivity index (χ1) is 15.4. The summed E-state index contributed by atoms with van der Waals surface area (Å²) in [6.07, 6.45) is 4.82. The Morgan fingerprint density at radius 3 is 2.48 bits per heavy atom. The molecule has 2 aliphatic heterocycles. The third-order valence-corrected chi connectivity index (χ3v) is 8.59. The fourth-order valence-corrected chi connectivity index (χ4v) is 6.43. The van der Waals surface area contributed by atoms with Crippen LogP contribution in [-0.4, -0.2) is 42.8 Å². The largest absolute Gasteiger partial charge is 0.485 e. The van der Waals surface area contributed by atoms with E-state index >= 15 is 0 Å². The molecule has 2 fully saturated rings. The molecule has 4 rings (SSSR count). The molecule has 0 aromatic heterocycles. The van der Waals surface area contributed by atoms with Crippen molar-refractivity contribution in [3.63, 3.8) is 0 Å². The molecule has 1 aromatic rings. The second-order valence-electron chi connectivity index (χ2n) is 10.7. The van der Waals surface area contributed by atoms with Crippen LogP contribution in [0.15, 0.2) is 4.47 Å². The highest BCUT2D eigenvalue weighted by Gasteiger charge is 2.49. The van der Waals surface area contributed by atoms with Gasteiger partial charge in [-0.25, -0.2) is 4.79 Å². The topological polar surface area (TPSA) is 66.0 Å². The van der Waals surface area contributed by atoms with Crippen molar-refractivity contribution in [1.29, 1.82) is 0 Å². The van der Waals surface area contributed by atoms with Gasteiger partial charge in [-0.3, -0.25) is 0 Å². The maximum atomic E-state index is 12.0. The van der Waals surface area contributed by atoms with Gasteiger partial charge in [-0.05, 0) is 70.9 Å². The zero-order chi connectivity index (χ0) is 24.0. The molecule has 3 aliphatic rings. The molecule has 1 atom stereocenters. The summed E-state index contributed by atoms with van der Waals surface area (Å²) >= 11 is 10.6. The Bertz CT molecular complexity index is 915. The summed E-state index contributed by atoms with van der Waals surface area (Å²) in [7, 11) is 0. The Morgan fingerprint density at radius 2 is 1.88 bits per heavy atom. The van der Waals surface area contributed by atoms with Gasteiger partial charge in [0.25, 0.3) is 0 Å². The molecule has 1 amide bonds. The SMILES string of the molecule is Cc1c(Br)c(CCNC(=O)OC(C)(C)C)c(Cl)c2c1CC(C)(C1CCC3(CC1)OCCO3)O2. The van der Waals surface area contributed by atoms with E-state index in [1.807, 2.05) is 20.8 Å². The number of rotatable bonds is 4. The minimum atomic E-state index is -0.528. The zero-order valence-corrected chi connectivity index (χ0v) is 22.6. The van der Waals surface area contributed by atoms with Crippen LogP contribution in [0.3, 0.4) is 0 Å². The lowest BCUT2D eigenvalue weighted by Gasteiger charge is -2.41. The standard InChI is InChI=1S/C25H35BrClNO5/c1-15-18-14-24(5,16-6-9-25(10-7-16)30-12-13-31-25)32-21(18)20(27)17(19(15)26)8-11-28-22(29)33-23(2,3)4/h16H,6-14H2,1-5H3,(H,28,29). The first kappa shape index (κ1) is 25.1. The maximum Gasteiger partial charge on any atom is 0.407 e. The molecule has 8 heteroatoms. The first-order valence-corrected chi connectivity index (χ1v) is 13.0. The monoisotopic (exact) mass is 543 g/mol. The van der Waals surface area contributed by atoms with Gasteiger partial charge in [0.1, 0.15) is 17.0 Å². The van der Waals surface area contributed by atoms with E-state index < -0.39 is 11.7 Å². The van der Waals surface area contributed by atoms with E-state index in [-0.39, 0.29) is 11.4 Å². The number of halogens is 2. The van der Waals surface area contributed by atoms with Gasteiger partial charge in [0.15, 0.2) is 5.79 Å². The summed E-state index contributed by atoms with van der Waals surface area (Å²) in [4.78, 5) is 12.0. The number of nitrogens with one attached hydrogen (secondary N) is 1. The van der Waals surface area contributed by atoms with E-state index in [0.29, 0.717) is 37.1 Å². The predicted molar refractivity (Wildman–Crippen MR) is 131 cm³/mol. The quantitative estimate of drug-likeness (QED) is 0.496. The molecule has 6 nitrogen and oxygen atoms in total. The van der Waals surface area contributed by atoms with Gasteiger partial charge >= 0.3 is 6.09 Å². The number of alkyl carbamates (subject to hydrolysis) is 1. The van der Waals surface area contributed by atoms with Crippen LogP contribution in [0.1, 0.15) is 70.1 Å². The fourth-order valence-electron chi connectivity index (χ4n) is 5.34.